The number of esters is 1. The molecule has 0 saturated carbocycles. The van der Waals surface area contributed by atoms with Crippen LogP contribution in [0, 0.1) is 0 Å². The van der Waals surface area contributed by atoms with E-state index in [0.29, 0.717) is 13.2 Å². The largest absolute Gasteiger partial charge is 0.462 e. The van der Waals surface area contributed by atoms with Crippen molar-refractivity contribution >= 4 is 5.97 Å². The summed E-state index contributed by atoms with van der Waals surface area (Å²) in [5, 5.41) is 0. The highest BCUT2D eigenvalue weighted by atomic mass is 16.5. The zero-order valence-electron chi connectivity index (χ0n) is 9.58. The maximum Gasteiger partial charge on any atom is 0.302 e. The second kappa shape index (κ2) is 5.71. The van der Waals surface area contributed by atoms with Crippen LogP contribution in [0.2, 0.25) is 0 Å². The van der Waals surface area contributed by atoms with Crippen molar-refractivity contribution in [2.45, 2.75) is 33.3 Å². The number of carbonyl (C=O) groups excluding carboxylic acids is 1. The van der Waals surface area contributed by atoms with Crippen LogP contribution in [-0.2, 0) is 14.3 Å². The fraction of sp³-hybridized carbons (Fsp3) is 0.583. The number of carbonyl (C=O) groups is 1. The monoisotopic (exact) mass is 210 g/mol. The van der Waals surface area contributed by atoms with Crippen molar-refractivity contribution in [3.63, 3.8) is 0 Å². The van der Waals surface area contributed by atoms with Crippen molar-refractivity contribution in [2.75, 3.05) is 13.2 Å². The summed E-state index contributed by atoms with van der Waals surface area (Å²) in [4.78, 5) is 10.6. The van der Waals surface area contributed by atoms with Gasteiger partial charge in [0.15, 0.2) is 0 Å². The van der Waals surface area contributed by atoms with Crippen LogP contribution in [0.25, 0.3) is 0 Å². The lowest BCUT2D eigenvalue weighted by Gasteiger charge is -2.22. The topological polar surface area (TPSA) is 35.5 Å². The average molecular weight is 210 g/mol. The third-order valence-electron chi connectivity index (χ3n) is 2.44. The van der Waals surface area contributed by atoms with Gasteiger partial charge in [0.25, 0.3) is 0 Å². The molecule has 0 saturated heterocycles. The van der Waals surface area contributed by atoms with Gasteiger partial charge in [0.1, 0.15) is 6.61 Å². The van der Waals surface area contributed by atoms with Gasteiger partial charge < -0.3 is 9.47 Å². The molecule has 1 rings (SSSR count). The van der Waals surface area contributed by atoms with E-state index in [1.807, 2.05) is 13.0 Å². The van der Waals surface area contributed by atoms with Crippen molar-refractivity contribution in [3.05, 3.63) is 23.3 Å². The molecule has 0 aromatic carbocycles. The van der Waals surface area contributed by atoms with Crippen LogP contribution in [0.4, 0.5) is 0 Å². The van der Waals surface area contributed by atoms with Gasteiger partial charge in [0, 0.05) is 6.92 Å². The number of ether oxygens (including phenoxy) is 2. The van der Waals surface area contributed by atoms with Crippen LogP contribution in [0.3, 0.4) is 0 Å². The maximum atomic E-state index is 10.6. The Hall–Kier alpha value is -1.09. The molecule has 0 radical (unpaired) electrons. The first-order valence-electron chi connectivity index (χ1n) is 5.17. The Balaban J connectivity index is 2.42. The molecule has 84 valence electrons. The van der Waals surface area contributed by atoms with E-state index in [1.54, 1.807) is 0 Å². The number of hydrogen-bond acceptors (Lipinski definition) is 3. The molecule has 0 spiro atoms. The smallest absolute Gasteiger partial charge is 0.302 e. The molecule has 1 aliphatic rings. The summed E-state index contributed by atoms with van der Waals surface area (Å²) in [7, 11) is 0. The highest BCUT2D eigenvalue weighted by Gasteiger charge is 2.14. The highest BCUT2D eigenvalue weighted by Crippen LogP contribution is 2.19. The van der Waals surface area contributed by atoms with Gasteiger partial charge in [-0.1, -0.05) is 11.6 Å². The second-order valence-electron chi connectivity index (χ2n) is 3.83. The lowest BCUT2D eigenvalue weighted by Crippen LogP contribution is -2.19. The van der Waals surface area contributed by atoms with E-state index in [1.165, 1.54) is 12.5 Å². The molecule has 15 heavy (non-hydrogen) atoms. The summed E-state index contributed by atoms with van der Waals surface area (Å²) in [5.41, 5.74) is 2.48. The summed E-state index contributed by atoms with van der Waals surface area (Å²) < 4.78 is 10.4. The molecule has 1 unspecified atom stereocenters. The molecule has 0 aromatic rings. The van der Waals surface area contributed by atoms with Crippen LogP contribution in [0.5, 0.6) is 0 Å². The molecule has 1 atom stereocenters. The van der Waals surface area contributed by atoms with Crippen molar-refractivity contribution in [1.29, 1.82) is 0 Å². The molecule has 0 amide bonds. The maximum absolute atomic E-state index is 10.6. The summed E-state index contributed by atoms with van der Waals surface area (Å²) in [6.45, 7) is 6.54. The Morgan fingerprint density at radius 2 is 2.40 bits per heavy atom. The van der Waals surface area contributed by atoms with Crippen LogP contribution < -0.4 is 0 Å². The van der Waals surface area contributed by atoms with Gasteiger partial charge in [-0.25, -0.2) is 0 Å². The molecule has 3 heteroatoms. The van der Waals surface area contributed by atoms with E-state index in [-0.39, 0.29) is 12.1 Å². The number of hydrogen-bond donors (Lipinski definition) is 0. The fourth-order valence-corrected chi connectivity index (χ4v) is 1.46. The van der Waals surface area contributed by atoms with Crippen molar-refractivity contribution in [2.24, 2.45) is 0 Å². The predicted octanol–water partition coefficient (Wildman–Crippen LogP) is 2.23. The van der Waals surface area contributed by atoms with Gasteiger partial charge >= 0.3 is 5.97 Å². The first-order chi connectivity index (χ1) is 7.09. The van der Waals surface area contributed by atoms with Gasteiger partial charge in [-0.05, 0) is 31.9 Å². The van der Waals surface area contributed by atoms with Gasteiger partial charge in [-0.2, -0.15) is 0 Å². The van der Waals surface area contributed by atoms with Crippen molar-refractivity contribution in [1.82, 2.24) is 0 Å². The lowest BCUT2D eigenvalue weighted by atomic mass is 10.0. The molecular formula is C12H18O3. The Labute approximate surface area is 90.8 Å². The molecule has 1 heterocycles. The Bertz CT molecular complexity index is 289. The molecule has 0 bridgehead atoms. The first-order valence-corrected chi connectivity index (χ1v) is 5.17. The highest BCUT2D eigenvalue weighted by molar-refractivity contribution is 5.66. The van der Waals surface area contributed by atoms with Crippen LogP contribution >= 0.6 is 0 Å². The molecule has 0 fully saturated rings. The zero-order valence-corrected chi connectivity index (χ0v) is 9.58. The van der Waals surface area contributed by atoms with E-state index >= 15 is 0 Å². The quantitative estimate of drug-likeness (QED) is 0.529. The van der Waals surface area contributed by atoms with Gasteiger partial charge in [0.05, 0.1) is 12.7 Å². The molecule has 0 aromatic heterocycles. The standard InChI is InChI=1S/C12H18O3/c1-9-4-6-15-12(8-9)10(2)5-7-14-11(3)13/h4-5,12H,6-8H2,1-3H3/b10-5-. The third kappa shape index (κ3) is 4.30. The Morgan fingerprint density at radius 3 is 3.00 bits per heavy atom. The van der Waals surface area contributed by atoms with E-state index in [2.05, 4.69) is 13.0 Å². The lowest BCUT2D eigenvalue weighted by molar-refractivity contribution is -0.139. The minimum Gasteiger partial charge on any atom is -0.462 e. The summed E-state index contributed by atoms with van der Waals surface area (Å²) >= 11 is 0. The van der Waals surface area contributed by atoms with E-state index in [4.69, 9.17) is 9.47 Å². The van der Waals surface area contributed by atoms with Crippen molar-refractivity contribution in [3.8, 4) is 0 Å². The van der Waals surface area contributed by atoms with E-state index in [9.17, 15) is 4.79 Å². The van der Waals surface area contributed by atoms with E-state index in [0.717, 1.165) is 12.0 Å². The molecule has 0 N–H and O–H groups in total. The van der Waals surface area contributed by atoms with Gasteiger partial charge in [-0.15, -0.1) is 0 Å². The minimum atomic E-state index is -0.250. The first kappa shape index (κ1) is 12.0. The summed E-state index contributed by atoms with van der Waals surface area (Å²) in [5.74, 6) is -0.250. The van der Waals surface area contributed by atoms with Crippen LogP contribution in [0.1, 0.15) is 27.2 Å². The summed E-state index contributed by atoms with van der Waals surface area (Å²) in [6.07, 6.45) is 5.08. The molecule has 3 nitrogen and oxygen atoms in total. The molecule has 1 aliphatic heterocycles. The van der Waals surface area contributed by atoms with Gasteiger partial charge in [-0.3, -0.25) is 4.79 Å². The zero-order chi connectivity index (χ0) is 11.3. The average Bonchev–Trinajstić information content (AvgIpc) is 2.17. The summed E-state index contributed by atoms with van der Waals surface area (Å²) in [6, 6.07) is 0. The SMILES string of the molecule is CC(=O)OC/C=C(/C)C1CC(C)=CCO1. The molecular weight excluding hydrogens is 192 g/mol. The van der Waals surface area contributed by atoms with Gasteiger partial charge in [0.2, 0.25) is 0 Å². The van der Waals surface area contributed by atoms with Crippen LogP contribution in [0.15, 0.2) is 23.3 Å². The normalized spacial score (nSPS) is 22.2. The van der Waals surface area contributed by atoms with Crippen molar-refractivity contribution < 1.29 is 14.3 Å². The predicted molar refractivity (Wildman–Crippen MR) is 58.5 cm³/mol. The van der Waals surface area contributed by atoms with E-state index < -0.39 is 0 Å². The molecule has 0 aliphatic carbocycles. The Morgan fingerprint density at radius 1 is 1.67 bits per heavy atom. The Kier molecular flexibility index (Phi) is 4.56. The fourth-order valence-electron chi connectivity index (χ4n) is 1.46. The van der Waals surface area contributed by atoms with Crippen LogP contribution in [-0.4, -0.2) is 25.3 Å². The minimum absolute atomic E-state index is 0.144. The third-order valence-corrected chi connectivity index (χ3v) is 2.44. The second-order valence-corrected chi connectivity index (χ2v) is 3.83. The number of rotatable bonds is 3.